The fourth-order valence-electron chi connectivity index (χ4n) is 6.29. The largest absolute Gasteiger partial charge is 0.472 e. The number of fused-ring (bicyclic) bond motifs is 1. The van der Waals surface area contributed by atoms with Gasteiger partial charge in [-0.2, -0.15) is 18.2 Å². The van der Waals surface area contributed by atoms with Gasteiger partial charge in [-0.1, -0.05) is 0 Å². The molecule has 0 bridgehead atoms. The van der Waals surface area contributed by atoms with Gasteiger partial charge in [0.1, 0.15) is 59.9 Å². The third kappa shape index (κ3) is 13.6. The second-order valence-corrected chi connectivity index (χ2v) is 17.7. The van der Waals surface area contributed by atoms with Crippen molar-refractivity contribution in [3.63, 3.8) is 0 Å². The van der Waals surface area contributed by atoms with Crippen molar-refractivity contribution in [2.75, 3.05) is 31.2 Å². The van der Waals surface area contributed by atoms with Gasteiger partial charge in [-0.05, 0) is 46.1 Å². The molecule has 3 aromatic rings. The van der Waals surface area contributed by atoms with Gasteiger partial charge in [0.2, 0.25) is 0 Å². The number of ether oxygens (including phenoxy) is 4. The summed E-state index contributed by atoms with van der Waals surface area (Å²) in [5.74, 6) is -3.64. The number of hydrogen-bond acceptors (Lipinski definition) is 20. The van der Waals surface area contributed by atoms with Crippen molar-refractivity contribution in [3.8, 4) is 0 Å². The summed E-state index contributed by atoms with van der Waals surface area (Å²) in [6.45, 7) is 2.20. The van der Waals surface area contributed by atoms with Crippen LogP contribution in [0.3, 0.4) is 0 Å². The first-order valence-electron chi connectivity index (χ1n) is 18.9. The molecule has 5 rings (SSSR count). The Bertz CT molecular complexity index is 2310. The molecule has 0 spiro atoms. The summed E-state index contributed by atoms with van der Waals surface area (Å²) in [5.41, 5.74) is 9.58. The average molecular weight is 961 g/mol. The van der Waals surface area contributed by atoms with Crippen molar-refractivity contribution in [2.24, 2.45) is 0 Å². The number of aliphatic hydroxyl groups excluding tert-OH is 1. The lowest BCUT2D eigenvalue weighted by molar-refractivity contribution is -0.173. The van der Waals surface area contributed by atoms with Crippen LogP contribution in [0, 0.1) is 0 Å². The minimum atomic E-state index is -5.32. The van der Waals surface area contributed by atoms with Gasteiger partial charge in [0.05, 0.1) is 19.5 Å². The van der Waals surface area contributed by atoms with E-state index < -0.39 is 126 Å². The average Bonchev–Trinajstić information content (AvgIpc) is 3.86. The molecule has 27 nitrogen and oxygen atoms in total. The number of aliphatic hydroxyl groups is 1. The van der Waals surface area contributed by atoms with Crippen LogP contribution in [0.4, 0.5) is 29.6 Å². The van der Waals surface area contributed by atoms with Gasteiger partial charge in [0, 0.05) is 19.2 Å². The molecule has 10 N–H and O–H groups in total. The number of aromatic nitrogens is 6. The Morgan fingerprint density at radius 2 is 1.72 bits per heavy atom. The van der Waals surface area contributed by atoms with Crippen LogP contribution in [-0.4, -0.2) is 135 Å². The van der Waals surface area contributed by atoms with Crippen LogP contribution >= 0.6 is 15.6 Å². The van der Waals surface area contributed by atoms with Crippen LogP contribution in [0.5, 0.6) is 0 Å². The summed E-state index contributed by atoms with van der Waals surface area (Å²) in [6, 6.07) is -0.359. The molecule has 64 heavy (non-hydrogen) atoms. The van der Waals surface area contributed by atoms with Crippen molar-refractivity contribution in [3.05, 3.63) is 35.4 Å². The number of nitrogens with zero attached hydrogens (tertiary/aromatic N) is 6. The van der Waals surface area contributed by atoms with Crippen LogP contribution in [0.2, 0.25) is 0 Å². The minimum Gasteiger partial charge on any atom is -0.455 e. The highest BCUT2D eigenvalue weighted by Gasteiger charge is 2.50. The normalized spacial score (nSPS) is 24.2. The van der Waals surface area contributed by atoms with Gasteiger partial charge in [0.25, 0.3) is 0 Å². The first-order chi connectivity index (χ1) is 29.7. The Morgan fingerprint density at radius 3 is 2.38 bits per heavy atom. The number of nitrogens with two attached hydrogens (primary N) is 2. The zero-order valence-corrected chi connectivity index (χ0v) is 35.6. The highest BCUT2D eigenvalue weighted by molar-refractivity contribution is 7.47. The minimum absolute atomic E-state index is 0.0243. The summed E-state index contributed by atoms with van der Waals surface area (Å²) < 4.78 is 103. The lowest BCUT2D eigenvalue weighted by Crippen LogP contribution is -2.47. The van der Waals surface area contributed by atoms with Gasteiger partial charge in [-0.25, -0.2) is 38.5 Å². The molecule has 0 radical (unpaired) electrons. The number of nitrogen functional groups attached to an aromatic ring is 2. The summed E-state index contributed by atoms with van der Waals surface area (Å²) in [6.07, 6.45) is -14.9. The van der Waals surface area contributed by atoms with Gasteiger partial charge in [-0.3, -0.25) is 27.5 Å². The quantitative estimate of drug-likeness (QED) is 0.0474. The fraction of sp³-hybridized carbons (Fsp3) is 0.625. The van der Waals surface area contributed by atoms with Crippen LogP contribution in [0.15, 0.2) is 29.7 Å². The van der Waals surface area contributed by atoms with Gasteiger partial charge in [-0.15, -0.1) is 0 Å². The molecular formula is C32H45F3N10O17P2. The number of rotatable bonds is 18. The highest BCUT2D eigenvalue weighted by atomic mass is 31.2. The summed E-state index contributed by atoms with van der Waals surface area (Å²) in [5, 5.41) is 15.6. The van der Waals surface area contributed by atoms with Crippen LogP contribution in [0.1, 0.15) is 58.9 Å². The molecule has 0 aliphatic carbocycles. The predicted molar refractivity (Wildman–Crippen MR) is 206 cm³/mol. The lowest BCUT2D eigenvalue weighted by Gasteiger charge is -2.26. The van der Waals surface area contributed by atoms with Crippen molar-refractivity contribution >= 4 is 56.4 Å². The maximum absolute atomic E-state index is 13.8. The number of anilines is 2. The number of alkyl halides is 3. The number of nitrogens with one attached hydrogen (secondary N) is 2. The van der Waals surface area contributed by atoms with Crippen LogP contribution < -0.4 is 27.8 Å². The Morgan fingerprint density at radius 1 is 1.02 bits per heavy atom. The van der Waals surface area contributed by atoms with Crippen LogP contribution in [0.25, 0.3) is 11.2 Å². The van der Waals surface area contributed by atoms with E-state index >= 15 is 0 Å². The maximum Gasteiger partial charge on any atom is 0.472 e. The van der Waals surface area contributed by atoms with E-state index in [-0.39, 0.29) is 42.1 Å². The SMILES string of the molecule is CC(C)(C)OC(=O)NC(CCCCNC(=O)C(F)(F)F)C(=O)O[C@H]1[C@@H](O)[C@H](n2cnc3c(N)ncnc32)O[C@H]1COP(=O)(O)O[C@H]1C[C@H](n2ccc(N)nc2=O)O[C@@H]1COP(=O)(O)O. The third-order valence-corrected chi connectivity index (χ3v) is 10.6. The summed E-state index contributed by atoms with van der Waals surface area (Å²) >= 11 is 0. The van der Waals surface area contributed by atoms with Crippen LogP contribution in [-0.2, 0) is 51.2 Å². The third-order valence-electron chi connectivity index (χ3n) is 9.08. The fourth-order valence-corrected chi connectivity index (χ4v) is 7.59. The number of phosphoric ester groups is 2. The number of alkyl carbamates (subject to hydrolysis) is 1. The standard InChI is InChI=1S/C32H45F3N10O17P2/c1-31(2,3)61-30(50)42-15(6-4-5-8-38-28(48)32(33,34)35)27(47)60-23-18(59-26(22(23)46)45-14-41-21-24(37)39-13-40-25(21)45)12-57-64(54,55)62-16-10-20(44-9-7-19(36)43-29(44)49)58-17(16)11-56-63(51,52)53/h7,9,13-18,20,22-23,26,46H,4-6,8,10-12H2,1-3H3,(H,38,48)(H,42,50)(H,54,55)(H2,36,43,49)(H2,37,39,40)(H2,51,52,53)/t15?,16-,17+,18-,20+,22+,23+,26+/m0/s1. The predicted octanol–water partition coefficient (Wildman–Crippen LogP) is 0.0588. The molecule has 5 heterocycles. The Hall–Kier alpha value is -4.87. The van der Waals surface area contributed by atoms with Crippen molar-refractivity contribution in [1.29, 1.82) is 0 Å². The van der Waals surface area contributed by atoms with E-state index in [1.807, 2.05) is 0 Å². The van der Waals surface area contributed by atoms with E-state index in [2.05, 4.69) is 29.8 Å². The van der Waals surface area contributed by atoms with Gasteiger partial charge in [0.15, 0.2) is 23.8 Å². The number of unbranched alkanes of at least 4 members (excludes halogenated alkanes) is 1. The zero-order chi connectivity index (χ0) is 47.4. The van der Waals surface area contributed by atoms with Gasteiger partial charge >= 0.3 is 45.5 Å². The first-order valence-corrected chi connectivity index (χ1v) is 21.9. The van der Waals surface area contributed by atoms with E-state index in [0.29, 0.717) is 0 Å². The Balaban J connectivity index is 1.36. The monoisotopic (exact) mass is 960 g/mol. The molecule has 2 fully saturated rings. The second kappa shape index (κ2) is 20.1. The van der Waals surface area contributed by atoms with Crippen molar-refractivity contribution < 1.29 is 89.0 Å². The molecule has 2 unspecified atom stereocenters. The molecule has 2 saturated heterocycles. The summed E-state index contributed by atoms with van der Waals surface area (Å²) in [4.78, 5) is 95.4. The van der Waals surface area contributed by atoms with E-state index in [9.17, 15) is 61.3 Å². The Kier molecular flexibility index (Phi) is 15.8. The molecule has 2 amide bonds. The first kappa shape index (κ1) is 50.1. The molecule has 0 aromatic carbocycles. The molecule has 356 valence electrons. The highest BCUT2D eigenvalue weighted by Crippen LogP contribution is 2.50. The number of esters is 1. The number of hydrogen-bond donors (Lipinski definition) is 8. The number of amides is 2. The molecule has 0 saturated carbocycles. The zero-order valence-electron chi connectivity index (χ0n) is 33.8. The number of carbonyl (C=O) groups is 3. The Labute approximate surface area is 358 Å². The molecular weight excluding hydrogens is 915 g/mol. The van der Waals surface area contributed by atoms with Gasteiger partial charge < -0.3 is 60.8 Å². The smallest absolute Gasteiger partial charge is 0.455 e. The van der Waals surface area contributed by atoms with E-state index in [0.717, 1.165) is 17.2 Å². The molecule has 3 aromatic heterocycles. The van der Waals surface area contributed by atoms with Crippen molar-refractivity contribution in [2.45, 2.75) is 107 Å². The molecule has 9 atom stereocenters. The topological polar surface area (TPSA) is 385 Å². The number of halogens is 3. The molecule has 2 aliphatic heterocycles. The van der Waals surface area contributed by atoms with Crippen molar-refractivity contribution in [1.82, 2.24) is 39.7 Å². The molecule has 32 heteroatoms. The number of phosphoric acid groups is 2. The molecule has 2 aliphatic rings. The van der Waals surface area contributed by atoms with E-state index in [1.165, 1.54) is 37.6 Å². The maximum atomic E-state index is 13.8. The lowest BCUT2D eigenvalue weighted by atomic mass is 10.1. The summed E-state index contributed by atoms with van der Waals surface area (Å²) in [7, 11) is -10.4. The van der Waals surface area contributed by atoms with E-state index in [4.69, 9.17) is 39.5 Å². The van der Waals surface area contributed by atoms with E-state index in [1.54, 1.807) is 5.32 Å². The number of imidazole rings is 1. The second-order valence-electron chi connectivity index (χ2n) is 15.1. The number of carbonyl (C=O) groups excluding carboxylic acids is 3.